The smallest absolute Gasteiger partial charge is 0.410 e. The number of hydrogen-bond donors (Lipinski definition) is 1. The van der Waals surface area contributed by atoms with E-state index in [0.29, 0.717) is 5.92 Å². The number of carbonyl (C=O) groups excluding carboxylic acids is 1. The number of carbonyl (C=O) groups is 1. The van der Waals surface area contributed by atoms with Crippen LogP contribution in [0.2, 0.25) is 0 Å². The molecule has 4 nitrogen and oxygen atoms in total. The monoisotopic (exact) mass is 268 g/mol. The number of nitrogens with zero attached hydrogens (tertiary/aromatic N) is 1. The van der Waals surface area contributed by atoms with Gasteiger partial charge in [-0.05, 0) is 58.3 Å². The van der Waals surface area contributed by atoms with Crippen LogP contribution in [-0.2, 0) is 4.74 Å². The standard InChI is InChI=1S/C15H28N2O2/c1-5-13-12(16)8-11(10-6-7-10)9-17(13)14(18)19-15(2,3)4/h10-13H,5-9,16H2,1-4H3. The molecule has 1 aliphatic heterocycles. The molecule has 0 bridgehead atoms. The molecule has 1 aliphatic carbocycles. The Morgan fingerprint density at radius 1 is 1.32 bits per heavy atom. The second kappa shape index (κ2) is 5.31. The summed E-state index contributed by atoms with van der Waals surface area (Å²) in [6.07, 6.45) is 4.37. The van der Waals surface area contributed by atoms with E-state index in [-0.39, 0.29) is 18.2 Å². The number of nitrogens with two attached hydrogens (primary N) is 1. The Morgan fingerprint density at radius 2 is 1.95 bits per heavy atom. The zero-order valence-corrected chi connectivity index (χ0v) is 12.7. The molecule has 3 atom stereocenters. The molecule has 19 heavy (non-hydrogen) atoms. The van der Waals surface area contributed by atoms with Crippen molar-refractivity contribution in [2.45, 2.75) is 71.1 Å². The first kappa shape index (κ1) is 14.6. The maximum Gasteiger partial charge on any atom is 0.410 e. The summed E-state index contributed by atoms with van der Waals surface area (Å²) in [6, 6.07) is 0.224. The Bertz CT molecular complexity index is 334. The van der Waals surface area contributed by atoms with Gasteiger partial charge in [-0.1, -0.05) is 6.92 Å². The van der Waals surface area contributed by atoms with Crippen molar-refractivity contribution in [1.29, 1.82) is 0 Å². The summed E-state index contributed by atoms with van der Waals surface area (Å²) in [4.78, 5) is 14.3. The molecule has 3 unspecified atom stereocenters. The summed E-state index contributed by atoms with van der Waals surface area (Å²) in [5.74, 6) is 1.36. The van der Waals surface area contributed by atoms with Gasteiger partial charge in [-0.25, -0.2) is 4.79 Å². The molecular weight excluding hydrogens is 240 g/mol. The van der Waals surface area contributed by atoms with Gasteiger partial charge in [-0.15, -0.1) is 0 Å². The lowest BCUT2D eigenvalue weighted by Crippen LogP contribution is -2.57. The van der Waals surface area contributed by atoms with Crippen molar-refractivity contribution in [2.75, 3.05) is 6.54 Å². The van der Waals surface area contributed by atoms with E-state index >= 15 is 0 Å². The maximum atomic E-state index is 12.4. The Labute approximate surface area is 116 Å². The quantitative estimate of drug-likeness (QED) is 0.838. The molecule has 2 aliphatic rings. The van der Waals surface area contributed by atoms with Gasteiger partial charge in [0.2, 0.25) is 0 Å². The molecule has 2 N–H and O–H groups in total. The third-order valence-corrected chi connectivity index (χ3v) is 4.24. The number of piperidine rings is 1. The van der Waals surface area contributed by atoms with Crippen molar-refractivity contribution in [2.24, 2.45) is 17.6 Å². The highest BCUT2D eigenvalue weighted by molar-refractivity contribution is 5.69. The SMILES string of the molecule is CCC1C(N)CC(C2CC2)CN1C(=O)OC(C)(C)C. The van der Waals surface area contributed by atoms with Gasteiger partial charge in [-0.2, -0.15) is 0 Å². The topological polar surface area (TPSA) is 55.6 Å². The van der Waals surface area contributed by atoms with Crippen molar-refractivity contribution >= 4 is 6.09 Å². The van der Waals surface area contributed by atoms with Crippen molar-refractivity contribution in [1.82, 2.24) is 4.90 Å². The molecule has 2 rings (SSSR count). The zero-order chi connectivity index (χ0) is 14.2. The van der Waals surface area contributed by atoms with Crippen LogP contribution < -0.4 is 5.73 Å². The van der Waals surface area contributed by atoms with Crippen LogP contribution in [0, 0.1) is 11.8 Å². The summed E-state index contributed by atoms with van der Waals surface area (Å²) in [5.41, 5.74) is 5.85. The van der Waals surface area contributed by atoms with Gasteiger partial charge in [0.1, 0.15) is 5.60 Å². The lowest BCUT2D eigenvalue weighted by atomic mass is 9.85. The van der Waals surface area contributed by atoms with Gasteiger partial charge in [0.25, 0.3) is 0 Å². The van der Waals surface area contributed by atoms with Crippen LogP contribution in [0.4, 0.5) is 4.79 Å². The Hall–Kier alpha value is -0.770. The van der Waals surface area contributed by atoms with Crippen molar-refractivity contribution in [3.05, 3.63) is 0 Å². The lowest BCUT2D eigenvalue weighted by molar-refractivity contribution is -0.00342. The minimum absolute atomic E-state index is 0.0943. The first-order valence-electron chi connectivity index (χ1n) is 7.57. The van der Waals surface area contributed by atoms with E-state index in [4.69, 9.17) is 10.5 Å². The summed E-state index contributed by atoms with van der Waals surface area (Å²) in [5, 5.41) is 0. The highest BCUT2D eigenvalue weighted by Crippen LogP contribution is 2.42. The van der Waals surface area contributed by atoms with Gasteiger partial charge in [0.15, 0.2) is 0 Å². The fraction of sp³-hybridized carbons (Fsp3) is 0.933. The molecule has 0 aromatic rings. The third kappa shape index (κ3) is 3.62. The minimum atomic E-state index is -0.438. The van der Waals surface area contributed by atoms with Gasteiger partial charge in [0.05, 0.1) is 0 Å². The van der Waals surface area contributed by atoms with E-state index in [9.17, 15) is 4.79 Å². The molecule has 110 valence electrons. The average Bonchev–Trinajstić information content (AvgIpc) is 3.09. The molecule has 2 fully saturated rings. The number of amides is 1. The van der Waals surface area contributed by atoms with Crippen LogP contribution in [0.25, 0.3) is 0 Å². The normalized spacial score (nSPS) is 32.3. The van der Waals surface area contributed by atoms with Gasteiger partial charge in [0, 0.05) is 18.6 Å². The molecule has 1 amide bonds. The van der Waals surface area contributed by atoms with Crippen molar-refractivity contribution in [3.8, 4) is 0 Å². The molecule has 0 spiro atoms. The first-order valence-corrected chi connectivity index (χ1v) is 7.57. The van der Waals surface area contributed by atoms with Crippen molar-refractivity contribution in [3.63, 3.8) is 0 Å². The predicted molar refractivity (Wildman–Crippen MR) is 75.8 cm³/mol. The van der Waals surface area contributed by atoms with E-state index in [1.54, 1.807) is 0 Å². The second-order valence-corrected chi connectivity index (χ2v) is 7.11. The molecule has 1 saturated heterocycles. The summed E-state index contributed by atoms with van der Waals surface area (Å²) in [7, 11) is 0. The Balaban J connectivity index is 2.06. The zero-order valence-electron chi connectivity index (χ0n) is 12.7. The van der Waals surface area contributed by atoms with Crippen LogP contribution in [0.3, 0.4) is 0 Å². The fourth-order valence-corrected chi connectivity index (χ4v) is 3.16. The van der Waals surface area contributed by atoms with Gasteiger partial charge < -0.3 is 15.4 Å². The van der Waals surface area contributed by atoms with Crippen LogP contribution in [0.1, 0.15) is 53.4 Å². The molecule has 0 radical (unpaired) electrons. The summed E-state index contributed by atoms with van der Waals surface area (Å²) >= 11 is 0. The van der Waals surface area contributed by atoms with Gasteiger partial charge in [-0.3, -0.25) is 0 Å². The van der Waals surface area contributed by atoms with E-state index in [1.807, 2.05) is 25.7 Å². The molecule has 1 saturated carbocycles. The Morgan fingerprint density at radius 3 is 2.42 bits per heavy atom. The number of likely N-dealkylation sites (tertiary alicyclic amines) is 1. The van der Waals surface area contributed by atoms with E-state index in [2.05, 4.69) is 6.92 Å². The maximum absolute atomic E-state index is 12.4. The number of hydrogen-bond acceptors (Lipinski definition) is 3. The molecule has 1 heterocycles. The number of ether oxygens (including phenoxy) is 1. The molecule has 4 heteroatoms. The fourth-order valence-electron chi connectivity index (χ4n) is 3.16. The van der Waals surface area contributed by atoms with Crippen LogP contribution in [-0.4, -0.2) is 35.2 Å². The highest BCUT2D eigenvalue weighted by Gasteiger charge is 2.42. The van der Waals surface area contributed by atoms with Gasteiger partial charge >= 0.3 is 6.09 Å². The molecule has 0 aromatic heterocycles. The van der Waals surface area contributed by atoms with Crippen LogP contribution in [0.15, 0.2) is 0 Å². The molecular formula is C15H28N2O2. The summed E-state index contributed by atoms with van der Waals surface area (Å²) < 4.78 is 5.54. The van der Waals surface area contributed by atoms with E-state index in [1.165, 1.54) is 12.8 Å². The van der Waals surface area contributed by atoms with Crippen LogP contribution >= 0.6 is 0 Å². The average molecular weight is 268 g/mol. The summed E-state index contributed by atoms with van der Waals surface area (Å²) in [6.45, 7) is 8.65. The minimum Gasteiger partial charge on any atom is -0.444 e. The van der Waals surface area contributed by atoms with E-state index in [0.717, 1.165) is 25.3 Å². The van der Waals surface area contributed by atoms with Crippen LogP contribution in [0.5, 0.6) is 0 Å². The molecule has 0 aromatic carbocycles. The first-order chi connectivity index (χ1) is 8.81. The van der Waals surface area contributed by atoms with E-state index < -0.39 is 5.60 Å². The second-order valence-electron chi connectivity index (χ2n) is 7.11. The highest BCUT2D eigenvalue weighted by atomic mass is 16.6. The number of rotatable bonds is 2. The largest absolute Gasteiger partial charge is 0.444 e. The Kier molecular flexibility index (Phi) is 4.09. The predicted octanol–water partition coefficient (Wildman–Crippen LogP) is 2.76. The van der Waals surface area contributed by atoms with Crippen molar-refractivity contribution < 1.29 is 9.53 Å². The third-order valence-electron chi connectivity index (χ3n) is 4.24. The lowest BCUT2D eigenvalue weighted by Gasteiger charge is -2.43.